The molecule has 2 N–H and O–H groups in total. The number of hydrogen-bond donors (Lipinski definition) is 1. The molecule has 0 unspecified atom stereocenters. The second-order valence-corrected chi connectivity index (χ2v) is 2.98. The molecule has 1 amide bonds. The van der Waals surface area contributed by atoms with Crippen molar-refractivity contribution in [1.29, 1.82) is 5.26 Å². The van der Waals surface area contributed by atoms with Crippen molar-refractivity contribution in [1.82, 2.24) is 0 Å². The van der Waals surface area contributed by atoms with Crippen molar-refractivity contribution in [3.63, 3.8) is 0 Å². The topological polar surface area (TPSA) is 76.1 Å². The van der Waals surface area contributed by atoms with E-state index in [0.717, 1.165) is 0 Å². The summed E-state index contributed by atoms with van der Waals surface area (Å²) in [5, 5.41) is 8.59. The lowest BCUT2D eigenvalue weighted by molar-refractivity contribution is -0.114. The number of halogens is 2. The third-order valence-corrected chi connectivity index (χ3v) is 1.80. The van der Waals surface area contributed by atoms with Crippen LogP contribution in [0.5, 0.6) is 5.75 Å². The van der Waals surface area contributed by atoms with Gasteiger partial charge in [-0.1, -0.05) is 12.1 Å². The lowest BCUT2D eigenvalue weighted by Crippen LogP contribution is -2.12. The minimum atomic E-state index is -2.89. The lowest BCUT2D eigenvalue weighted by Gasteiger charge is -2.03. The number of ether oxygens (including phenoxy) is 1. The molecule has 1 aromatic carbocycles. The number of primary amides is 1. The highest BCUT2D eigenvalue weighted by Gasteiger charge is 2.05. The van der Waals surface area contributed by atoms with Crippen LogP contribution in [-0.2, 0) is 4.79 Å². The van der Waals surface area contributed by atoms with Crippen molar-refractivity contribution in [3.05, 3.63) is 35.4 Å². The van der Waals surface area contributed by atoms with Gasteiger partial charge in [-0.25, -0.2) is 0 Å². The Bertz CT molecular complexity index is 475. The zero-order chi connectivity index (χ0) is 12.8. The van der Waals surface area contributed by atoms with Gasteiger partial charge >= 0.3 is 6.61 Å². The summed E-state index contributed by atoms with van der Waals surface area (Å²) in [5.41, 5.74) is 5.21. The molecule has 0 spiro atoms. The predicted octanol–water partition coefficient (Wildman–Crippen LogP) is 1.68. The molecular formula is C11H8F2N2O2. The molecule has 6 heteroatoms. The van der Waals surface area contributed by atoms with Gasteiger partial charge in [-0.2, -0.15) is 14.0 Å². The highest BCUT2D eigenvalue weighted by molar-refractivity contribution is 6.00. The number of carbonyl (C=O) groups is 1. The minimum Gasteiger partial charge on any atom is -0.435 e. The zero-order valence-corrected chi connectivity index (χ0v) is 8.56. The van der Waals surface area contributed by atoms with Crippen LogP contribution < -0.4 is 10.5 Å². The number of carbonyl (C=O) groups excluding carboxylic acids is 1. The average Bonchev–Trinajstić information content (AvgIpc) is 2.26. The van der Waals surface area contributed by atoms with Gasteiger partial charge in [0.15, 0.2) is 0 Å². The lowest BCUT2D eigenvalue weighted by atomic mass is 10.1. The number of nitrogens with two attached hydrogens (primary N) is 1. The molecule has 0 atom stereocenters. The summed E-state index contributed by atoms with van der Waals surface area (Å²) in [4.78, 5) is 10.8. The number of benzene rings is 1. The molecule has 88 valence electrons. The number of nitriles is 1. The van der Waals surface area contributed by atoms with Gasteiger partial charge < -0.3 is 10.5 Å². The molecule has 0 saturated carbocycles. The van der Waals surface area contributed by atoms with Crippen LogP contribution in [0.25, 0.3) is 6.08 Å². The molecule has 1 aromatic rings. The zero-order valence-electron chi connectivity index (χ0n) is 8.56. The maximum absolute atomic E-state index is 11.9. The largest absolute Gasteiger partial charge is 0.435 e. The Kier molecular flexibility index (Phi) is 4.17. The fraction of sp³-hybridized carbons (Fsp3) is 0.0909. The van der Waals surface area contributed by atoms with Crippen LogP contribution in [0.2, 0.25) is 0 Å². The highest BCUT2D eigenvalue weighted by Crippen LogP contribution is 2.16. The molecule has 0 bridgehead atoms. The van der Waals surface area contributed by atoms with E-state index >= 15 is 0 Å². The molecule has 0 aliphatic carbocycles. The Morgan fingerprint density at radius 3 is 2.41 bits per heavy atom. The van der Waals surface area contributed by atoms with Crippen molar-refractivity contribution in [3.8, 4) is 11.8 Å². The van der Waals surface area contributed by atoms with Gasteiger partial charge in [0.05, 0.1) is 0 Å². The van der Waals surface area contributed by atoms with E-state index in [9.17, 15) is 13.6 Å². The molecule has 17 heavy (non-hydrogen) atoms. The van der Waals surface area contributed by atoms with Crippen molar-refractivity contribution in [2.24, 2.45) is 5.73 Å². The number of amides is 1. The molecule has 4 nitrogen and oxygen atoms in total. The second-order valence-electron chi connectivity index (χ2n) is 2.98. The summed E-state index contributed by atoms with van der Waals surface area (Å²) in [7, 11) is 0. The fourth-order valence-electron chi connectivity index (χ4n) is 1.07. The van der Waals surface area contributed by atoms with Crippen LogP contribution in [0.4, 0.5) is 8.78 Å². The van der Waals surface area contributed by atoms with Gasteiger partial charge in [-0.05, 0) is 23.8 Å². The monoisotopic (exact) mass is 238 g/mol. The molecule has 0 saturated heterocycles. The van der Waals surface area contributed by atoms with Gasteiger partial charge in [0, 0.05) is 0 Å². The molecule has 0 aromatic heterocycles. The van der Waals surface area contributed by atoms with Crippen molar-refractivity contribution < 1.29 is 18.3 Å². The summed E-state index contributed by atoms with van der Waals surface area (Å²) in [6.07, 6.45) is 1.26. The standard InChI is InChI=1S/C11H8F2N2O2/c12-11(13)17-9-3-1-7(2-4-9)5-8(6-14)10(15)16/h1-5,11H,(H2,15,16)/b8-5+. The van der Waals surface area contributed by atoms with Crippen LogP contribution in [0.3, 0.4) is 0 Å². The van der Waals surface area contributed by atoms with Crippen molar-refractivity contribution in [2.75, 3.05) is 0 Å². The van der Waals surface area contributed by atoms with Gasteiger partial charge in [0.1, 0.15) is 17.4 Å². The van der Waals surface area contributed by atoms with E-state index in [0.29, 0.717) is 5.56 Å². The first-order valence-electron chi connectivity index (χ1n) is 4.49. The molecule has 0 radical (unpaired) electrons. The van der Waals surface area contributed by atoms with E-state index in [4.69, 9.17) is 11.0 Å². The smallest absolute Gasteiger partial charge is 0.387 e. The summed E-state index contributed by atoms with van der Waals surface area (Å²) in [5.74, 6) is -0.852. The summed E-state index contributed by atoms with van der Waals surface area (Å²) < 4.78 is 27.8. The van der Waals surface area contributed by atoms with Crippen LogP contribution in [0.1, 0.15) is 5.56 Å². The average molecular weight is 238 g/mol. The quantitative estimate of drug-likeness (QED) is 0.640. The number of nitrogens with zero attached hydrogens (tertiary/aromatic N) is 1. The van der Waals surface area contributed by atoms with Gasteiger partial charge in [-0.3, -0.25) is 4.79 Å². The maximum Gasteiger partial charge on any atom is 0.387 e. The van der Waals surface area contributed by atoms with Crippen LogP contribution in [-0.4, -0.2) is 12.5 Å². The Morgan fingerprint density at radius 1 is 1.41 bits per heavy atom. The van der Waals surface area contributed by atoms with Crippen molar-refractivity contribution in [2.45, 2.75) is 6.61 Å². The van der Waals surface area contributed by atoms with E-state index in [1.807, 2.05) is 0 Å². The van der Waals surface area contributed by atoms with Crippen LogP contribution in [0.15, 0.2) is 29.8 Å². The van der Waals surface area contributed by atoms with E-state index in [-0.39, 0.29) is 11.3 Å². The molecule has 0 aliphatic rings. The van der Waals surface area contributed by atoms with Gasteiger partial charge in [0.2, 0.25) is 0 Å². The minimum absolute atomic E-state index is 0.00488. The molecule has 0 heterocycles. The second kappa shape index (κ2) is 5.61. The first kappa shape index (κ1) is 12.6. The number of hydrogen-bond acceptors (Lipinski definition) is 3. The molecule has 1 rings (SSSR count). The van der Waals surface area contributed by atoms with Crippen LogP contribution >= 0.6 is 0 Å². The summed E-state index contributed by atoms with van der Waals surface area (Å²) >= 11 is 0. The van der Waals surface area contributed by atoms with E-state index in [1.165, 1.54) is 30.3 Å². The van der Waals surface area contributed by atoms with Crippen LogP contribution in [0, 0.1) is 11.3 Å². The SMILES string of the molecule is N#C/C(=C\c1ccc(OC(F)F)cc1)C(N)=O. The third-order valence-electron chi connectivity index (χ3n) is 1.80. The normalized spacial score (nSPS) is 11.1. The summed E-state index contributed by atoms with van der Waals surface area (Å²) in [6.45, 7) is -2.89. The maximum atomic E-state index is 11.9. The highest BCUT2D eigenvalue weighted by atomic mass is 19.3. The molecular weight excluding hydrogens is 230 g/mol. The fourth-order valence-corrected chi connectivity index (χ4v) is 1.07. The third kappa shape index (κ3) is 3.91. The Hall–Kier alpha value is -2.42. The van der Waals surface area contributed by atoms with E-state index in [1.54, 1.807) is 6.07 Å². The Morgan fingerprint density at radius 2 is 2.00 bits per heavy atom. The summed E-state index contributed by atoms with van der Waals surface area (Å²) in [6, 6.07) is 7.09. The van der Waals surface area contributed by atoms with E-state index in [2.05, 4.69) is 4.74 Å². The van der Waals surface area contributed by atoms with Gasteiger partial charge in [0.25, 0.3) is 5.91 Å². The first-order chi connectivity index (χ1) is 8.02. The predicted molar refractivity (Wildman–Crippen MR) is 55.9 cm³/mol. The Balaban J connectivity index is 2.88. The van der Waals surface area contributed by atoms with Gasteiger partial charge in [-0.15, -0.1) is 0 Å². The number of rotatable bonds is 4. The first-order valence-corrected chi connectivity index (χ1v) is 4.49. The molecule has 0 aliphatic heterocycles. The van der Waals surface area contributed by atoms with E-state index < -0.39 is 12.5 Å². The number of alkyl halides is 2. The van der Waals surface area contributed by atoms with Crippen molar-refractivity contribution >= 4 is 12.0 Å². The molecule has 0 fully saturated rings. The Labute approximate surface area is 95.9 Å².